The number of hydrogen-bond acceptors (Lipinski definition) is 5. The van der Waals surface area contributed by atoms with E-state index in [0.717, 1.165) is 32.7 Å². The summed E-state index contributed by atoms with van der Waals surface area (Å²) >= 11 is 0. The number of anilines is 2. The molecule has 1 aromatic heterocycles. The van der Waals surface area contributed by atoms with Crippen LogP contribution in [0, 0.1) is 11.3 Å². The molecule has 1 aliphatic rings. The summed E-state index contributed by atoms with van der Waals surface area (Å²) in [6.45, 7) is 5.77. The van der Waals surface area contributed by atoms with Crippen LogP contribution in [0.3, 0.4) is 0 Å². The van der Waals surface area contributed by atoms with Gasteiger partial charge in [-0.15, -0.1) is 0 Å². The highest BCUT2D eigenvalue weighted by Crippen LogP contribution is 2.25. The molecule has 0 aliphatic carbocycles. The fourth-order valence-electron chi connectivity index (χ4n) is 2.90. The van der Waals surface area contributed by atoms with Crippen LogP contribution in [0.15, 0.2) is 30.3 Å². The van der Waals surface area contributed by atoms with Gasteiger partial charge in [0.2, 0.25) is 5.91 Å². The van der Waals surface area contributed by atoms with Gasteiger partial charge in [-0.05, 0) is 5.56 Å². The minimum Gasteiger partial charge on any atom is -0.353 e. The van der Waals surface area contributed by atoms with Crippen LogP contribution in [0.5, 0.6) is 0 Å². The molecule has 2 N–H and O–H groups in total. The van der Waals surface area contributed by atoms with Crippen molar-refractivity contribution in [3.8, 4) is 6.07 Å². The molecule has 2 heterocycles. The quantitative estimate of drug-likeness (QED) is 0.891. The van der Waals surface area contributed by atoms with Crippen molar-refractivity contribution >= 4 is 17.5 Å². The van der Waals surface area contributed by atoms with E-state index in [1.807, 2.05) is 6.07 Å². The predicted octanol–water partition coefficient (Wildman–Crippen LogP) is 1.56. The lowest BCUT2D eigenvalue weighted by Gasteiger charge is -2.35. The first-order chi connectivity index (χ1) is 11.7. The van der Waals surface area contributed by atoms with Crippen molar-refractivity contribution in [2.75, 3.05) is 36.4 Å². The zero-order valence-corrected chi connectivity index (χ0v) is 13.6. The number of aromatic nitrogens is 2. The molecule has 1 fully saturated rings. The van der Waals surface area contributed by atoms with Crippen LogP contribution in [0.4, 0.5) is 11.6 Å². The molecule has 7 heteroatoms. The van der Waals surface area contributed by atoms with E-state index in [9.17, 15) is 10.1 Å². The summed E-state index contributed by atoms with van der Waals surface area (Å²) in [6.07, 6.45) is 0. The summed E-state index contributed by atoms with van der Waals surface area (Å²) in [7, 11) is 0. The average Bonchev–Trinajstić information content (AvgIpc) is 2.98. The standard InChI is InChI=1S/C17H20N6O/c1-13(24)19-16-15(11-18)17(21-20-16)23-9-7-22(8-10-23)12-14-5-3-2-4-6-14/h2-6H,7-10,12H2,1H3,(H2,19,20,21,24). The number of nitrogens with zero attached hydrogens (tertiary/aromatic N) is 4. The molecule has 24 heavy (non-hydrogen) atoms. The maximum Gasteiger partial charge on any atom is 0.222 e. The molecule has 0 atom stereocenters. The zero-order valence-electron chi connectivity index (χ0n) is 13.6. The third-order valence-corrected chi connectivity index (χ3v) is 4.09. The second-order valence-electron chi connectivity index (χ2n) is 5.84. The van der Waals surface area contributed by atoms with Crippen molar-refractivity contribution in [3.05, 3.63) is 41.5 Å². The Hall–Kier alpha value is -2.85. The first-order valence-electron chi connectivity index (χ1n) is 7.94. The maximum atomic E-state index is 11.2. The molecule has 124 valence electrons. The second-order valence-corrected chi connectivity index (χ2v) is 5.84. The summed E-state index contributed by atoms with van der Waals surface area (Å²) in [5.74, 6) is 0.740. The minimum absolute atomic E-state index is 0.239. The van der Waals surface area contributed by atoms with Crippen molar-refractivity contribution < 1.29 is 4.79 Å². The van der Waals surface area contributed by atoms with E-state index in [0.29, 0.717) is 17.2 Å². The van der Waals surface area contributed by atoms with Crippen molar-refractivity contribution in [1.82, 2.24) is 15.1 Å². The number of carbonyl (C=O) groups is 1. The van der Waals surface area contributed by atoms with Gasteiger partial charge in [0.1, 0.15) is 17.5 Å². The van der Waals surface area contributed by atoms with E-state index >= 15 is 0 Å². The van der Waals surface area contributed by atoms with Gasteiger partial charge >= 0.3 is 0 Å². The van der Waals surface area contributed by atoms with Gasteiger partial charge in [0.15, 0.2) is 5.82 Å². The molecule has 0 spiro atoms. The van der Waals surface area contributed by atoms with Crippen LogP contribution in [0.1, 0.15) is 18.1 Å². The minimum atomic E-state index is -0.239. The van der Waals surface area contributed by atoms with Crippen molar-refractivity contribution in [3.63, 3.8) is 0 Å². The van der Waals surface area contributed by atoms with Gasteiger partial charge < -0.3 is 10.2 Å². The van der Waals surface area contributed by atoms with Gasteiger partial charge in [-0.3, -0.25) is 14.8 Å². The smallest absolute Gasteiger partial charge is 0.222 e. The highest BCUT2D eigenvalue weighted by atomic mass is 16.1. The topological polar surface area (TPSA) is 88.1 Å². The molecule has 7 nitrogen and oxygen atoms in total. The zero-order chi connectivity index (χ0) is 16.9. The molecule has 1 saturated heterocycles. The highest BCUT2D eigenvalue weighted by molar-refractivity contribution is 5.90. The maximum absolute atomic E-state index is 11.2. The number of amides is 1. The predicted molar refractivity (Wildman–Crippen MR) is 91.5 cm³/mol. The van der Waals surface area contributed by atoms with Gasteiger partial charge in [0.05, 0.1) is 0 Å². The lowest BCUT2D eigenvalue weighted by molar-refractivity contribution is -0.114. The highest BCUT2D eigenvalue weighted by Gasteiger charge is 2.23. The molecule has 1 amide bonds. The van der Waals surface area contributed by atoms with E-state index in [1.54, 1.807) is 0 Å². The van der Waals surface area contributed by atoms with Crippen LogP contribution in [-0.4, -0.2) is 47.2 Å². The number of nitrogens with one attached hydrogen (secondary N) is 2. The SMILES string of the molecule is CC(=O)Nc1n[nH]c(N2CCN(Cc3ccccc3)CC2)c1C#N. The van der Waals surface area contributed by atoms with Crippen LogP contribution in [0.25, 0.3) is 0 Å². The van der Waals surface area contributed by atoms with E-state index in [4.69, 9.17) is 0 Å². The molecule has 3 rings (SSSR count). The first kappa shape index (κ1) is 16.0. The molecular weight excluding hydrogens is 304 g/mol. The van der Waals surface area contributed by atoms with E-state index in [-0.39, 0.29) is 5.91 Å². The fraction of sp³-hybridized carbons (Fsp3) is 0.353. The molecule has 2 aromatic rings. The molecule has 0 bridgehead atoms. The molecule has 0 radical (unpaired) electrons. The van der Waals surface area contributed by atoms with Crippen molar-refractivity contribution in [2.24, 2.45) is 0 Å². The van der Waals surface area contributed by atoms with E-state index in [1.165, 1.54) is 12.5 Å². The number of benzene rings is 1. The van der Waals surface area contributed by atoms with Crippen molar-refractivity contribution in [1.29, 1.82) is 5.26 Å². The number of aromatic amines is 1. The summed E-state index contributed by atoms with van der Waals surface area (Å²) < 4.78 is 0. The summed E-state index contributed by atoms with van der Waals surface area (Å²) in [5, 5.41) is 18.9. The number of hydrogen-bond donors (Lipinski definition) is 2. The normalized spacial score (nSPS) is 15.1. The molecule has 0 unspecified atom stereocenters. The van der Waals surface area contributed by atoms with E-state index in [2.05, 4.69) is 55.6 Å². The Balaban J connectivity index is 1.64. The third kappa shape index (κ3) is 3.55. The largest absolute Gasteiger partial charge is 0.353 e. The molecular formula is C17H20N6O. The van der Waals surface area contributed by atoms with Gasteiger partial charge in [0.25, 0.3) is 0 Å². The van der Waals surface area contributed by atoms with E-state index < -0.39 is 0 Å². The van der Waals surface area contributed by atoms with Gasteiger partial charge in [-0.2, -0.15) is 10.4 Å². The third-order valence-electron chi connectivity index (χ3n) is 4.09. The Kier molecular flexibility index (Phi) is 4.77. The van der Waals surface area contributed by atoms with Crippen molar-refractivity contribution in [2.45, 2.75) is 13.5 Å². The monoisotopic (exact) mass is 324 g/mol. The fourth-order valence-corrected chi connectivity index (χ4v) is 2.90. The summed E-state index contributed by atoms with van der Waals surface area (Å²) in [4.78, 5) is 15.7. The van der Waals surface area contributed by atoms with Crippen LogP contribution < -0.4 is 10.2 Å². The van der Waals surface area contributed by atoms with Gasteiger partial charge in [-0.25, -0.2) is 0 Å². The summed E-state index contributed by atoms with van der Waals surface area (Å²) in [6, 6.07) is 12.5. The number of carbonyl (C=O) groups excluding carboxylic acids is 1. The lowest BCUT2D eigenvalue weighted by atomic mass is 10.2. The number of piperazine rings is 1. The van der Waals surface area contributed by atoms with Crippen LogP contribution in [-0.2, 0) is 11.3 Å². The van der Waals surface area contributed by atoms with Gasteiger partial charge in [-0.1, -0.05) is 30.3 Å². The average molecular weight is 324 g/mol. The van der Waals surface area contributed by atoms with Crippen LogP contribution >= 0.6 is 0 Å². The lowest BCUT2D eigenvalue weighted by Crippen LogP contribution is -2.46. The Labute approximate surface area is 140 Å². The number of H-pyrrole nitrogens is 1. The molecule has 1 aromatic carbocycles. The van der Waals surface area contributed by atoms with Crippen LogP contribution in [0.2, 0.25) is 0 Å². The Morgan fingerprint density at radius 2 is 2.00 bits per heavy atom. The Bertz CT molecular complexity index is 740. The Morgan fingerprint density at radius 1 is 1.29 bits per heavy atom. The number of rotatable bonds is 4. The Morgan fingerprint density at radius 3 is 2.62 bits per heavy atom. The number of nitriles is 1. The molecule has 1 aliphatic heterocycles. The second kappa shape index (κ2) is 7.15. The first-order valence-corrected chi connectivity index (χ1v) is 7.94. The summed E-state index contributed by atoms with van der Waals surface area (Å²) in [5.41, 5.74) is 1.69. The molecule has 0 saturated carbocycles. The van der Waals surface area contributed by atoms with Gasteiger partial charge in [0, 0.05) is 39.6 Å².